The zero-order chi connectivity index (χ0) is 21.4. The first kappa shape index (κ1) is 19.8. The number of aryl methyl sites for hydroxylation is 1. The minimum absolute atomic E-state index is 0.0410. The highest BCUT2D eigenvalue weighted by atomic mass is 16.5. The van der Waals surface area contributed by atoms with Crippen LogP contribution in [0.4, 0.5) is 5.69 Å². The van der Waals surface area contributed by atoms with Gasteiger partial charge >= 0.3 is 0 Å². The molecule has 7 heteroatoms. The molecule has 160 valence electrons. The molecule has 7 nitrogen and oxygen atoms in total. The van der Waals surface area contributed by atoms with E-state index in [0.717, 1.165) is 55.3 Å². The predicted molar refractivity (Wildman–Crippen MR) is 121 cm³/mol. The van der Waals surface area contributed by atoms with Gasteiger partial charge in [-0.1, -0.05) is 0 Å². The Hall–Kier alpha value is -3.19. The quantitative estimate of drug-likeness (QED) is 0.639. The van der Waals surface area contributed by atoms with Gasteiger partial charge in [0.1, 0.15) is 5.75 Å². The highest BCUT2D eigenvalue weighted by Crippen LogP contribution is 2.32. The summed E-state index contributed by atoms with van der Waals surface area (Å²) in [4.78, 5) is 26.7. The second kappa shape index (κ2) is 8.15. The van der Waals surface area contributed by atoms with Crippen LogP contribution < -0.4 is 9.64 Å². The Kier molecular flexibility index (Phi) is 5.19. The van der Waals surface area contributed by atoms with Crippen LogP contribution in [0.25, 0.3) is 17.3 Å². The molecule has 1 fully saturated rings. The number of anilines is 1. The Bertz CT molecular complexity index is 1170. The van der Waals surface area contributed by atoms with E-state index in [2.05, 4.69) is 40.0 Å². The number of hydrogen-bond donors (Lipinski definition) is 0. The molecule has 0 N–H and O–H groups in total. The number of carbonyl (C=O) groups is 1. The van der Waals surface area contributed by atoms with Crippen LogP contribution in [0.1, 0.15) is 29.8 Å². The summed E-state index contributed by atoms with van der Waals surface area (Å²) in [5.41, 5.74) is 4.98. The van der Waals surface area contributed by atoms with Crippen molar-refractivity contribution in [3.05, 3.63) is 53.7 Å². The average Bonchev–Trinajstić information content (AvgIpc) is 3.07. The molecular formula is C24H27N5O2. The number of ether oxygens (including phenoxy) is 1. The molecule has 0 radical (unpaired) electrons. The van der Waals surface area contributed by atoms with E-state index in [-0.39, 0.29) is 5.78 Å². The number of imidazole rings is 1. The van der Waals surface area contributed by atoms with Crippen molar-refractivity contribution in [1.29, 1.82) is 0 Å². The molecular weight excluding hydrogens is 390 g/mol. The van der Waals surface area contributed by atoms with Gasteiger partial charge in [-0.2, -0.15) is 0 Å². The fraction of sp³-hybridized carbons (Fsp3) is 0.375. The van der Waals surface area contributed by atoms with Crippen molar-refractivity contribution in [1.82, 2.24) is 19.3 Å². The molecule has 2 aliphatic heterocycles. The third-order valence-corrected chi connectivity index (χ3v) is 6.10. The van der Waals surface area contributed by atoms with Crippen LogP contribution in [-0.2, 0) is 4.79 Å². The smallest absolute Gasteiger partial charge is 0.168 e. The summed E-state index contributed by atoms with van der Waals surface area (Å²) in [7, 11) is 2.17. The molecule has 31 heavy (non-hydrogen) atoms. The minimum Gasteiger partial charge on any atom is -0.492 e. The van der Waals surface area contributed by atoms with Gasteiger partial charge in [0.15, 0.2) is 11.4 Å². The zero-order valence-corrected chi connectivity index (χ0v) is 18.0. The van der Waals surface area contributed by atoms with Gasteiger partial charge in [-0.25, -0.2) is 4.98 Å². The standard InChI is InChI=1S/C24H27N5O2/c1-17-24-26-21(16-29(24)10-7-25-17)20-14-18-4-5-19(15-23(18)31-13-6-22(20)30)28-9-3-8-27(2)11-12-28/h4-5,7,10,14-16H,3,6,8-9,11-13H2,1-2H3/b20-14-. The van der Waals surface area contributed by atoms with Crippen molar-refractivity contribution in [2.75, 3.05) is 44.7 Å². The molecule has 1 saturated heterocycles. The number of fused-ring (bicyclic) bond motifs is 2. The minimum atomic E-state index is 0.0410. The van der Waals surface area contributed by atoms with Crippen molar-refractivity contribution >= 4 is 28.8 Å². The molecule has 2 aromatic heterocycles. The molecule has 5 rings (SSSR count). The molecule has 1 aromatic carbocycles. The highest BCUT2D eigenvalue weighted by Gasteiger charge is 2.21. The fourth-order valence-electron chi connectivity index (χ4n) is 4.29. The van der Waals surface area contributed by atoms with Crippen LogP contribution in [0.3, 0.4) is 0 Å². The summed E-state index contributed by atoms with van der Waals surface area (Å²) >= 11 is 0. The van der Waals surface area contributed by atoms with Crippen LogP contribution >= 0.6 is 0 Å². The normalized spacial score (nSPS) is 19.7. The topological polar surface area (TPSA) is 63.0 Å². The molecule has 0 aliphatic carbocycles. The van der Waals surface area contributed by atoms with E-state index in [0.29, 0.717) is 24.3 Å². The van der Waals surface area contributed by atoms with Gasteiger partial charge in [-0.15, -0.1) is 0 Å². The number of Topliss-reactive ketones (excluding diaryl/α,β-unsaturated/α-hetero) is 1. The first-order chi connectivity index (χ1) is 15.1. The van der Waals surface area contributed by atoms with E-state index in [1.807, 2.05) is 29.8 Å². The first-order valence-electron chi connectivity index (χ1n) is 10.8. The van der Waals surface area contributed by atoms with Crippen molar-refractivity contribution in [3.8, 4) is 5.75 Å². The second-order valence-corrected chi connectivity index (χ2v) is 8.32. The van der Waals surface area contributed by atoms with Crippen molar-refractivity contribution in [3.63, 3.8) is 0 Å². The lowest BCUT2D eigenvalue weighted by Crippen LogP contribution is -2.28. The maximum Gasteiger partial charge on any atom is 0.168 e. The summed E-state index contributed by atoms with van der Waals surface area (Å²) in [6, 6.07) is 6.30. The monoisotopic (exact) mass is 417 g/mol. The number of likely N-dealkylation sites (N-methyl/N-ethyl adjacent to an activating group) is 1. The van der Waals surface area contributed by atoms with E-state index < -0.39 is 0 Å². The summed E-state index contributed by atoms with van der Waals surface area (Å²) in [6.45, 7) is 6.51. The van der Waals surface area contributed by atoms with Crippen molar-refractivity contribution in [2.45, 2.75) is 19.8 Å². The van der Waals surface area contributed by atoms with Gasteiger partial charge in [-0.3, -0.25) is 9.78 Å². The van der Waals surface area contributed by atoms with Crippen LogP contribution in [0.15, 0.2) is 36.8 Å². The lowest BCUT2D eigenvalue weighted by Gasteiger charge is -2.24. The Labute approximate surface area is 182 Å². The lowest BCUT2D eigenvalue weighted by molar-refractivity contribution is -0.114. The number of benzene rings is 1. The van der Waals surface area contributed by atoms with Crippen LogP contribution in [-0.4, -0.2) is 64.9 Å². The number of nitrogens with zero attached hydrogens (tertiary/aromatic N) is 5. The number of aromatic nitrogens is 3. The average molecular weight is 418 g/mol. The third-order valence-electron chi connectivity index (χ3n) is 6.10. The van der Waals surface area contributed by atoms with Crippen molar-refractivity contribution < 1.29 is 9.53 Å². The van der Waals surface area contributed by atoms with E-state index >= 15 is 0 Å². The number of rotatable bonds is 2. The number of ketones is 1. The summed E-state index contributed by atoms with van der Waals surface area (Å²) in [5, 5.41) is 0. The molecule has 0 spiro atoms. The van der Waals surface area contributed by atoms with Gasteiger partial charge in [-0.05, 0) is 45.1 Å². The molecule has 0 saturated carbocycles. The zero-order valence-electron chi connectivity index (χ0n) is 18.0. The van der Waals surface area contributed by atoms with E-state index in [1.165, 1.54) is 5.69 Å². The fourth-order valence-corrected chi connectivity index (χ4v) is 4.29. The molecule has 4 heterocycles. The first-order valence-corrected chi connectivity index (χ1v) is 10.8. The Morgan fingerprint density at radius 1 is 1.13 bits per heavy atom. The SMILES string of the molecule is Cc1nccn2cc(/C3=C/c4ccc(N5CCCN(C)CC5)cc4OCCC3=O)nc12. The van der Waals surface area contributed by atoms with Gasteiger partial charge in [0.2, 0.25) is 0 Å². The molecule has 2 aliphatic rings. The van der Waals surface area contributed by atoms with E-state index in [1.54, 1.807) is 6.20 Å². The number of allylic oxidation sites excluding steroid dienone is 1. The van der Waals surface area contributed by atoms with Crippen molar-refractivity contribution in [2.24, 2.45) is 0 Å². The number of hydrogen-bond acceptors (Lipinski definition) is 6. The molecule has 0 atom stereocenters. The van der Waals surface area contributed by atoms with Gasteiger partial charge in [0.25, 0.3) is 0 Å². The van der Waals surface area contributed by atoms with Crippen LogP contribution in [0.2, 0.25) is 0 Å². The lowest BCUT2D eigenvalue weighted by atomic mass is 10.0. The second-order valence-electron chi connectivity index (χ2n) is 8.32. The maximum atomic E-state index is 12.9. The maximum absolute atomic E-state index is 12.9. The Morgan fingerprint density at radius 3 is 2.90 bits per heavy atom. The van der Waals surface area contributed by atoms with E-state index in [9.17, 15) is 4.79 Å². The molecule has 0 unspecified atom stereocenters. The van der Waals surface area contributed by atoms with Gasteiger partial charge in [0, 0.05) is 67.5 Å². The van der Waals surface area contributed by atoms with Gasteiger partial charge < -0.3 is 18.9 Å². The summed E-state index contributed by atoms with van der Waals surface area (Å²) in [6.07, 6.45) is 8.89. The predicted octanol–water partition coefficient (Wildman–Crippen LogP) is 3.07. The van der Waals surface area contributed by atoms with E-state index in [4.69, 9.17) is 9.72 Å². The Balaban J connectivity index is 1.52. The highest BCUT2D eigenvalue weighted by molar-refractivity contribution is 6.25. The molecule has 3 aromatic rings. The molecule has 0 bridgehead atoms. The Morgan fingerprint density at radius 2 is 2.03 bits per heavy atom. The van der Waals surface area contributed by atoms with Crippen LogP contribution in [0, 0.1) is 6.92 Å². The largest absolute Gasteiger partial charge is 0.492 e. The number of carbonyl (C=O) groups excluding carboxylic acids is 1. The third kappa shape index (κ3) is 3.93. The summed E-state index contributed by atoms with van der Waals surface area (Å²) in [5.74, 6) is 0.862. The van der Waals surface area contributed by atoms with Crippen LogP contribution in [0.5, 0.6) is 5.75 Å². The molecule has 0 amide bonds. The van der Waals surface area contributed by atoms with Gasteiger partial charge in [0.05, 0.1) is 18.0 Å². The summed E-state index contributed by atoms with van der Waals surface area (Å²) < 4.78 is 7.92.